The largest absolute Gasteiger partial charge is 0.392 e. The molecule has 0 aliphatic carbocycles. The Kier molecular flexibility index (Phi) is 6.61. The van der Waals surface area contributed by atoms with E-state index >= 15 is 0 Å². The second-order valence-corrected chi connectivity index (χ2v) is 6.33. The van der Waals surface area contributed by atoms with Gasteiger partial charge >= 0.3 is 0 Å². The number of aliphatic hydroxyl groups excluding tert-OH is 1. The van der Waals surface area contributed by atoms with Gasteiger partial charge < -0.3 is 9.84 Å². The smallest absolute Gasteiger partial charge is 0.240 e. The van der Waals surface area contributed by atoms with Crippen LogP contribution in [0.25, 0.3) is 0 Å². The van der Waals surface area contributed by atoms with Crippen LogP contribution in [0.4, 0.5) is 0 Å². The highest BCUT2D eigenvalue weighted by molar-refractivity contribution is 7.89. The van der Waals surface area contributed by atoms with Gasteiger partial charge in [0, 0.05) is 13.2 Å². The second-order valence-electron chi connectivity index (χ2n) is 4.56. The zero-order valence-electron chi connectivity index (χ0n) is 12.2. The van der Waals surface area contributed by atoms with E-state index in [1.54, 1.807) is 12.1 Å². The molecule has 0 spiro atoms. The highest BCUT2D eigenvalue weighted by atomic mass is 32.2. The summed E-state index contributed by atoms with van der Waals surface area (Å²) < 4.78 is 32.1. The third kappa shape index (κ3) is 4.56. The molecule has 0 fully saturated rings. The van der Waals surface area contributed by atoms with Gasteiger partial charge in [-0.25, -0.2) is 13.1 Å². The fourth-order valence-electron chi connectivity index (χ4n) is 1.92. The molecular formula is C14H23NO4S. The van der Waals surface area contributed by atoms with Crippen molar-refractivity contribution in [3.8, 4) is 0 Å². The SMILES string of the molecule is CCOC(C)CNS(=O)(=O)c1ccc(CC)c(CO)c1. The van der Waals surface area contributed by atoms with Gasteiger partial charge in [-0.1, -0.05) is 13.0 Å². The fourth-order valence-corrected chi connectivity index (χ4v) is 3.08. The minimum atomic E-state index is -3.57. The topological polar surface area (TPSA) is 75.6 Å². The lowest BCUT2D eigenvalue weighted by atomic mass is 10.1. The van der Waals surface area contributed by atoms with Crippen LogP contribution >= 0.6 is 0 Å². The highest BCUT2D eigenvalue weighted by Crippen LogP contribution is 2.17. The average Bonchev–Trinajstić information content (AvgIpc) is 2.44. The van der Waals surface area contributed by atoms with Crippen molar-refractivity contribution < 1.29 is 18.3 Å². The Bertz CT molecular complexity index is 528. The van der Waals surface area contributed by atoms with E-state index in [-0.39, 0.29) is 24.2 Å². The molecule has 5 nitrogen and oxygen atoms in total. The molecule has 0 amide bonds. The zero-order valence-corrected chi connectivity index (χ0v) is 13.0. The maximum atomic E-state index is 12.2. The summed E-state index contributed by atoms with van der Waals surface area (Å²) in [6.07, 6.45) is 0.576. The first-order valence-corrected chi connectivity index (χ1v) is 8.26. The van der Waals surface area contributed by atoms with Gasteiger partial charge in [-0.3, -0.25) is 0 Å². The zero-order chi connectivity index (χ0) is 15.2. The number of nitrogens with one attached hydrogen (secondary N) is 1. The molecule has 2 N–H and O–H groups in total. The van der Waals surface area contributed by atoms with E-state index in [0.717, 1.165) is 12.0 Å². The maximum Gasteiger partial charge on any atom is 0.240 e. The van der Waals surface area contributed by atoms with Crippen LogP contribution in [0.2, 0.25) is 0 Å². The number of aryl methyl sites for hydroxylation is 1. The minimum Gasteiger partial charge on any atom is -0.392 e. The van der Waals surface area contributed by atoms with Crippen LogP contribution in [0.3, 0.4) is 0 Å². The van der Waals surface area contributed by atoms with Crippen molar-refractivity contribution in [3.63, 3.8) is 0 Å². The van der Waals surface area contributed by atoms with Gasteiger partial charge in [0.15, 0.2) is 0 Å². The van der Waals surface area contributed by atoms with Crippen LogP contribution in [0.1, 0.15) is 31.9 Å². The number of benzene rings is 1. The van der Waals surface area contributed by atoms with Gasteiger partial charge in [-0.15, -0.1) is 0 Å². The van der Waals surface area contributed by atoms with E-state index < -0.39 is 10.0 Å². The summed E-state index contributed by atoms with van der Waals surface area (Å²) >= 11 is 0. The van der Waals surface area contributed by atoms with Crippen LogP contribution in [0.5, 0.6) is 0 Å². The number of aliphatic hydroxyl groups is 1. The van der Waals surface area contributed by atoms with Crippen molar-refractivity contribution in [2.45, 2.75) is 44.8 Å². The molecule has 20 heavy (non-hydrogen) atoms. The average molecular weight is 301 g/mol. The number of sulfonamides is 1. The van der Waals surface area contributed by atoms with Gasteiger partial charge in [-0.2, -0.15) is 0 Å². The van der Waals surface area contributed by atoms with Crippen molar-refractivity contribution in [1.29, 1.82) is 0 Å². The molecule has 1 atom stereocenters. The third-order valence-corrected chi connectivity index (χ3v) is 4.47. The normalized spacial score (nSPS) is 13.4. The summed E-state index contributed by atoms with van der Waals surface area (Å²) in [5.41, 5.74) is 1.60. The minimum absolute atomic E-state index is 0.165. The first kappa shape index (κ1) is 17.1. The van der Waals surface area contributed by atoms with Crippen LogP contribution in [-0.2, 0) is 27.8 Å². The Morgan fingerprint density at radius 2 is 2.00 bits per heavy atom. The monoisotopic (exact) mass is 301 g/mol. The van der Waals surface area contributed by atoms with Crippen molar-refractivity contribution >= 4 is 10.0 Å². The van der Waals surface area contributed by atoms with Crippen LogP contribution in [-0.4, -0.2) is 32.8 Å². The molecule has 1 rings (SSSR count). The van der Waals surface area contributed by atoms with Gasteiger partial charge in [0.25, 0.3) is 0 Å². The van der Waals surface area contributed by atoms with E-state index in [9.17, 15) is 13.5 Å². The molecule has 0 aliphatic rings. The van der Waals surface area contributed by atoms with E-state index in [1.165, 1.54) is 6.07 Å². The summed E-state index contributed by atoms with van der Waals surface area (Å²) in [5, 5.41) is 9.29. The lowest BCUT2D eigenvalue weighted by Gasteiger charge is -2.14. The Morgan fingerprint density at radius 3 is 2.55 bits per heavy atom. The van der Waals surface area contributed by atoms with Gasteiger partial charge in [0.1, 0.15) is 0 Å². The Balaban J connectivity index is 2.87. The van der Waals surface area contributed by atoms with Crippen molar-refractivity contribution in [3.05, 3.63) is 29.3 Å². The summed E-state index contributed by atoms with van der Waals surface area (Å²) in [6.45, 7) is 6.24. The van der Waals surface area contributed by atoms with Crippen LogP contribution in [0, 0.1) is 0 Å². The van der Waals surface area contributed by atoms with Gasteiger partial charge in [-0.05, 0) is 43.5 Å². The first-order chi connectivity index (χ1) is 9.44. The number of hydrogen-bond donors (Lipinski definition) is 2. The van der Waals surface area contributed by atoms with E-state index in [4.69, 9.17) is 4.74 Å². The van der Waals surface area contributed by atoms with E-state index in [1.807, 2.05) is 20.8 Å². The fraction of sp³-hybridized carbons (Fsp3) is 0.571. The van der Waals surface area contributed by atoms with E-state index in [2.05, 4.69) is 4.72 Å². The first-order valence-electron chi connectivity index (χ1n) is 6.78. The molecule has 6 heteroatoms. The lowest BCUT2D eigenvalue weighted by Crippen LogP contribution is -2.32. The Morgan fingerprint density at radius 1 is 1.30 bits per heavy atom. The van der Waals surface area contributed by atoms with Crippen LogP contribution in [0.15, 0.2) is 23.1 Å². The second kappa shape index (κ2) is 7.73. The molecule has 0 saturated heterocycles. The predicted molar refractivity (Wildman–Crippen MR) is 78.0 cm³/mol. The molecule has 0 aromatic heterocycles. The van der Waals surface area contributed by atoms with Crippen molar-refractivity contribution in [2.75, 3.05) is 13.2 Å². The molecule has 0 heterocycles. The summed E-state index contributed by atoms with van der Waals surface area (Å²) in [6, 6.07) is 4.82. The Labute approximate surface area is 121 Å². The van der Waals surface area contributed by atoms with Crippen LogP contribution < -0.4 is 4.72 Å². The standard InChI is InChI=1S/C14H23NO4S/c1-4-12-6-7-14(8-13(12)10-16)20(17,18)15-9-11(3)19-5-2/h6-8,11,15-16H,4-5,9-10H2,1-3H3. The Hall–Kier alpha value is -0.950. The number of hydrogen-bond acceptors (Lipinski definition) is 4. The van der Waals surface area contributed by atoms with Gasteiger partial charge in [0.2, 0.25) is 10.0 Å². The quantitative estimate of drug-likeness (QED) is 0.762. The maximum absolute atomic E-state index is 12.2. The van der Waals surface area contributed by atoms with Crippen molar-refractivity contribution in [1.82, 2.24) is 4.72 Å². The molecule has 1 aromatic rings. The highest BCUT2D eigenvalue weighted by Gasteiger charge is 2.16. The molecule has 1 aromatic carbocycles. The summed E-state index contributed by atoms with van der Waals surface area (Å²) in [7, 11) is -3.57. The molecule has 114 valence electrons. The molecule has 0 bridgehead atoms. The van der Waals surface area contributed by atoms with E-state index in [0.29, 0.717) is 12.2 Å². The number of ether oxygens (including phenoxy) is 1. The molecule has 1 unspecified atom stereocenters. The molecule has 0 saturated carbocycles. The third-order valence-electron chi connectivity index (χ3n) is 3.05. The summed E-state index contributed by atoms with van der Waals surface area (Å²) in [5.74, 6) is 0. The number of rotatable bonds is 8. The summed E-state index contributed by atoms with van der Waals surface area (Å²) in [4.78, 5) is 0.169. The molecular weight excluding hydrogens is 278 g/mol. The molecule has 0 radical (unpaired) electrons. The molecule has 0 aliphatic heterocycles. The van der Waals surface area contributed by atoms with Crippen molar-refractivity contribution in [2.24, 2.45) is 0 Å². The lowest BCUT2D eigenvalue weighted by molar-refractivity contribution is 0.0799. The predicted octanol–water partition coefficient (Wildman–Crippen LogP) is 1.44. The van der Waals surface area contributed by atoms with Gasteiger partial charge in [0.05, 0.1) is 17.6 Å².